The van der Waals surface area contributed by atoms with E-state index in [0.717, 1.165) is 21.4 Å². The number of alkyl halides is 2. The number of nitrogens with two attached hydrogens (primary N) is 1. The number of carbonyl (C=O) groups excluding carboxylic acids is 1. The van der Waals surface area contributed by atoms with Gasteiger partial charge in [0.1, 0.15) is 11.5 Å². The number of fused-ring (bicyclic) bond motifs is 1. The van der Waals surface area contributed by atoms with Gasteiger partial charge in [-0.1, -0.05) is 12.1 Å². The van der Waals surface area contributed by atoms with Gasteiger partial charge in [-0.2, -0.15) is 0 Å². The van der Waals surface area contributed by atoms with Gasteiger partial charge in [0.05, 0.1) is 13.1 Å². The van der Waals surface area contributed by atoms with Crippen molar-refractivity contribution in [1.82, 2.24) is 19.4 Å². The summed E-state index contributed by atoms with van der Waals surface area (Å²) in [7, 11) is 1.73. The second kappa shape index (κ2) is 5.23. The molecule has 3 heterocycles. The molecule has 1 saturated heterocycles. The molecule has 0 saturated carbocycles. The van der Waals surface area contributed by atoms with Gasteiger partial charge < -0.3 is 15.2 Å². The molecule has 1 aliphatic rings. The number of aryl methyl sites for hydroxylation is 1. The maximum absolute atomic E-state index is 13.0. The van der Waals surface area contributed by atoms with Crippen LogP contribution >= 0.6 is 0 Å². The van der Waals surface area contributed by atoms with Crippen LogP contribution in [0.3, 0.4) is 0 Å². The Hall–Kier alpha value is -3.03. The maximum atomic E-state index is 13.0. The standard InChI is InChI=1S/C17H15F2N5O/c1-23-12-7-11(15-21-5-4-14(20)22-15)3-2-10(12)6-13(23)16(25)24-8-17(18,19)9-24/h2-7H,8-9H2,1H3,(H2,20,21,22). The highest BCUT2D eigenvalue weighted by Gasteiger charge is 2.46. The first-order valence-corrected chi connectivity index (χ1v) is 7.69. The van der Waals surface area contributed by atoms with Crippen molar-refractivity contribution in [2.45, 2.75) is 5.92 Å². The van der Waals surface area contributed by atoms with Gasteiger partial charge in [0, 0.05) is 29.7 Å². The van der Waals surface area contributed by atoms with Gasteiger partial charge in [0.2, 0.25) is 0 Å². The van der Waals surface area contributed by atoms with Crippen LogP contribution in [0, 0.1) is 0 Å². The van der Waals surface area contributed by atoms with Crippen LogP contribution in [0.5, 0.6) is 0 Å². The van der Waals surface area contributed by atoms with E-state index in [-0.39, 0.29) is 0 Å². The van der Waals surface area contributed by atoms with E-state index in [1.54, 1.807) is 29.9 Å². The summed E-state index contributed by atoms with van der Waals surface area (Å²) in [5, 5.41) is 0.839. The van der Waals surface area contributed by atoms with Crippen LogP contribution in [-0.2, 0) is 7.05 Å². The molecule has 0 radical (unpaired) electrons. The lowest BCUT2D eigenvalue weighted by molar-refractivity contribution is -0.113. The van der Waals surface area contributed by atoms with Gasteiger partial charge in [0.25, 0.3) is 11.8 Å². The van der Waals surface area contributed by atoms with Crippen LogP contribution < -0.4 is 5.73 Å². The number of nitrogens with zero attached hydrogens (tertiary/aromatic N) is 4. The number of likely N-dealkylation sites (tertiary alicyclic amines) is 1. The summed E-state index contributed by atoms with van der Waals surface area (Å²) in [6.07, 6.45) is 1.58. The lowest BCUT2D eigenvalue weighted by atomic mass is 10.1. The Balaban J connectivity index is 1.72. The number of rotatable bonds is 2. The first-order chi connectivity index (χ1) is 11.8. The van der Waals surface area contributed by atoms with E-state index in [0.29, 0.717) is 17.3 Å². The van der Waals surface area contributed by atoms with Crippen LogP contribution in [0.2, 0.25) is 0 Å². The molecule has 128 valence electrons. The maximum Gasteiger partial charge on any atom is 0.282 e. The number of aromatic nitrogens is 3. The SMILES string of the molecule is Cn1c(C(=O)N2CC(F)(F)C2)cc2ccc(-c3nccc(N)n3)cc21. The van der Waals surface area contributed by atoms with Crippen molar-refractivity contribution in [1.29, 1.82) is 0 Å². The Morgan fingerprint density at radius 1 is 1.24 bits per heavy atom. The number of hydrogen-bond acceptors (Lipinski definition) is 4. The van der Waals surface area contributed by atoms with E-state index in [4.69, 9.17) is 5.73 Å². The fraction of sp³-hybridized carbons (Fsp3) is 0.235. The average molecular weight is 343 g/mol. The molecule has 0 atom stereocenters. The van der Waals surface area contributed by atoms with Crippen LogP contribution in [0.15, 0.2) is 36.5 Å². The molecule has 1 amide bonds. The minimum Gasteiger partial charge on any atom is -0.384 e. The zero-order chi connectivity index (χ0) is 17.8. The van der Waals surface area contributed by atoms with Crippen molar-refractivity contribution in [2.75, 3.05) is 18.8 Å². The van der Waals surface area contributed by atoms with Crippen LogP contribution in [0.25, 0.3) is 22.3 Å². The van der Waals surface area contributed by atoms with Crippen molar-refractivity contribution in [2.24, 2.45) is 7.05 Å². The molecule has 1 aromatic carbocycles. The molecule has 6 nitrogen and oxygen atoms in total. The van der Waals surface area contributed by atoms with E-state index in [9.17, 15) is 13.6 Å². The molecule has 8 heteroatoms. The van der Waals surface area contributed by atoms with E-state index >= 15 is 0 Å². The van der Waals surface area contributed by atoms with Crippen molar-refractivity contribution in [3.8, 4) is 11.4 Å². The third-order valence-electron chi connectivity index (χ3n) is 4.33. The van der Waals surface area contributed by atoms with Crippen LogP contribution in [-0.4, -0.2) is 44.4 Å². The summed E-state index contributed by atoms with van der Waals surface area (Å²) in [4.78, 5) is 22.0. The second-order valence-corrected chi connectivity index (χ2v) is 6.18. The predicted molar refractivity (Wildman–Crippen MR) is 89.2 cm³/mol. The van der Waals surface area contributed by atoms with E-state index in [1.807, 2.05) is 18.2 Å². The third kappa shape index (κ3) is 2.59. The molecule has 2 N–H and O–H groups in total. The van der Waals surface area contributed by atoms with E-state index in [1.165, 1.54) is 0 Å². The van der Waals surface area contributed by atoms with Crippen molar-refractivity contribution < 1.29 is 13.6 Å². The highest BCUT2D eigenvalue weighted by atomic mass is 19.3. The number of benzene rings is 1. The quantitative estimate of drug-likeness (QED) is 0.775. The highest BCUT2D eigenvalue weighted by Crippen LogP contribution is 2.30. The number of carbonyl (C=O) groups is 1. The van der Waals surface area contributed by atoms with Crippen molar-refractivity contribution in [3.05, 3.63) is 42.2 Å². The molecule has 0 bridgehead atoms. The molecule has 1 fully saturated rings. The van der Waals surface area contributed by atoms with Crippen LogP contribution in [0.4, 0.5) is 14.6 Å². The summed E-state index contributed by atoms with van der Waals surface area (Å²) in [6.45, 7) is -1.06. The largest absolute Gasteiger partial charge is 0.384 e. The fourth-order valence-electron chi connectivity index (χ4n) is 3.00. The molecular weight excluding hydrogens is 328 g/mol. The molecule has 0 spiro atoms. The molecular formula is C17H15F2N5O. The predicted octanol–water partition coefficient (Wildman–Crippen LogP) is 2.31. The summed E-state index contributed by atoms with van der Waals surface area (Å²) in [5.41, 5.74) is 7.61. The normalized spacial score (nSPS) is 16.0. The number of anilines is 1. The average Bonchev–Trinajstić information content (AvgIpc) is 2.88. The number of hydrogen-bond donors (Lipinski definition) is 1. The van der Waals surface area contributed by atoms with Crippen molar-refractivity contribution in [3.63, 3.8) is 0 Å². The van der Waals surface area contributed by atoms with Gasteiger partial charge in [-0.3, -0.25) is 4.79 Å². The van der Waals surface area contributed by atoms with Gasteiger partial charge in [-0.25, -0.2) is 18.7 Å². The lowest BCUT2D eigenvalue weighted by Crippen LogP contribution is -2.58. The first kappa shape index (κ1) is 15.5. The zero-order valence-corrected chi connectivity index (χ0v) is 13.4. The Kier molecular flexibility index (Phi) is 3.24. The fourth-order valence-corrected chi connectivity index (χ4v) is 3.00. The van der Waals surface area contributed by atoms with E-state index < -0.39 is 24.9 Å². The van der Waals surface area contributed by atoms with Crippen LogP contribution in [0.1, 0.15) is 10.5 Å². The molecule has 3 aromatic rings. The number of halogens is 2. The molecule has 25 heavy (non-hydrogen) atoms. The molecule has 0 aliphatic carbocycles. The second-order valence-electron chi connectivity index (χ2n) is 6.18. The molecule has 0 unspecified atom stereocenters. The topological polar surface area (TPSA) is 77.0 Å². The summed E-state index contributed by atoms with van der Waals surface area (Å²) < 4.78 is 27.7. The van der Waals surface area contributed by atoms with E-state index in [2.05, 4.69) is 9.97 Å². The van der Waals surface area contributed by atoms with Gasteiger partial charge in [-0.15, -0.1) is 0 Å². The smallest absolute Gasteiger partial charge is 0.282 e. The monoisotopic (exact) mass is 343 g/mol. The Bertz CT molecular complexity index is 990. The minimum atomic E-state index is -2.78. The van der Waals surface area contributed by atoms with Gasteiger partial charge in [-0.05, 0) is 18.2 Å². The summed E-state index contributed by atoms with van der Waals surface area (Å²) >= 11 is 0. The highest BCUT2D eigenvalue weighted by molar-refractivity contribution is 5.99. The summed E-state index contributed by atoms with van der Waals surface area (Å²) in [5.74, 6) is -2.32. The molecule has 2 aromatic heterocycles. The number of amides is 1. The third-order valence-corrected chi connectivity index (χ3v) is 4.33. The minimum absolute atomic E-state index is 0.367. The molecule has 4 rings (SSSR count). The molecule has 1 aliphatic heterocycles. The van der Waals surface area contributed by atoms with Crippen molar-refractivity contribution >= 4 is 22.6 Å². The zero-order valence-electron chi connectivity index (χ0n) is 13.4. The number of nitrogen functional groups attached to an aromatic ring is 1. The Morgan fingerprint density at radius 3 is 2.68 bits per heavy atom. The lowest BCUT2D eigenvalue weighted by Gasteiger charge is -2.38. The summed E-state index contributed by atoms with van der Waals surface area (Å²) in [6, 6.07) is 8.84. The van der Waals surface area contributed by atoms with Gasteiger partial charge >= 0.3 is 0 Å². The Morgan fingerprint density at radius 2 is 2.00 bits per heavy atom. The van der Waals surface area contributed by atoms with Gasteiger partial charge in [0.15, 0.2) is 5.82 Å². The first-order valence-electron chi connectivity index (χ1n) is 7.69. The Labute approximate surface area is 141 Å².